The molecule has 3 N–H and O–H groups in total. The van der Waals surface area contributed by atoms with Crippen LogP contribution in [0.2, 0.25) is 0 Å². The van der Waals surface area contributed by atoms with Crippen LogP contribution in [0.25, 0.3) is 0 Å². The lowest BCUT2D eigenvalue weighted by molar-refractivity contribution is 0.600. The maximum atomic E-state index is 13.2. The SMILES string of the molecule is CC1Cc2cc(F)c(SN)cc2N1. The van der Waals surface area contributed by atoms with Crippen molar-refractivity contribution in [2.75, 3.05) is 5.32 Å². The van der Waals surface area contributed by atoms with Crippen molar-refractivity contribution in [1.82, 2.24) is 0 Å². The third kappa shape index (κ3) is 1.51. The van der Waals surface area contributed by atoms with Gasteiger partial charge in [-0.15, -0.1) is 0 Å². The number of fused-ring (bicyclic) bond motifs is 1. The van der Waals surface area contributed by atoms with Crippen LogP contribution in [0.1, 0.15) is 12.5 Å². The molecule has 1 aromatic rings. The predicted octanol–water partition coefficient (Wildman–Crippen LogP) is 2.15. The van der Waals surface area contributed by atoms with E-state index in [0.717, 1.165) is 29.6 Å². The summed E-state index contributed by atoms with van der Waals surface area (Å²) in [6.45, 7) is 2.08. The van der Waals surface area contributed by atoms with Crippen molar-refractivity contribution in [3.8, 4) is 0 Å². The van der Waals surface area contributed by atoms with E-state index in [9.17, 15) is 4.39 Å². The quantitative estimate of drug-likeness (QED) is 0.679. The van der Waals surface area contributed by atoms with Crippen LogP contribution in [-0.4, -0.2) is 6.04 Å². The molecule has 2 rings (SSSR count). The highest BCUT2D eigenvalue weighted by Gasteiger charge is 2.18. The van der Waals surface area contributed by atoms with Gasteiger partial charge in [-0.2, -0.15) is 0 Å². The highest BCUT2D eigenvalue weighted by atomic mass is 32.2. The molecule has 0 fully saturated rings. The van der Waals surface area contributed by atoms with E-state index in [4.69, 9.17) is 5.14 Å². The van der Waals surface area contributed by atoms with Crippen LogP contribution in [0.15, 0.2) is 17.0 Å². The second-order valence-corrected chi connectivity index (χ2v) is 3.98. The lowest BCUT2D eigenvalue weighted by Gasteiger charge is -2.04. The van der Waals surface area contributed by atoms with Gasteiger partial charge in [-0.05, 0) is 43.0 Å². The van der Waals surface area contributed by atoms with Gasteiger partial charge in [0.25, 0.3) is 0 Å². The van der Waals surface area contributed by atoms with Gasteiger partial charge in [0.2, 0.25) is 0 Å². The molecule has 0 aromatic heterocycles. The van der Waals surface area contributed by atoms with Gasteiger partial charge >= 0.3 is 0 Å². The van der Waals surface area contributed by atoms with Crippen LogP contribution in [-0.2, 0) is 6.42 Å². The predicted molar refractivity (Wildman–Crippen MR) is 53.2 cm³/mol. The van der Waals surface area contributed by atoms with Gasteiger partial charge < -0.3 is 5.32 Å². The molecule has 0 aliphatic carbocycles. The summed E-state index contributed by atoms with van der Waals surface area (Å²) < 4.78 is 13.2. The number of halogens is 1. The van der Waals surface area contributed by atoms with Crippen LogP contribution in [0.5, 0.6) is 0 Å². The Balaban J connectivity index is 2.44. The van der Waals surface area contributed by atoms with Gasteiger partial charge in [-0.1, -0.05) is 0 Å². The molecule has 1 heterocycles. The standard InChI is InChI=1S/C9H11FN2S/c1-5-2-6-3-7(10)9(13-11)4-8(6)12-5/h3-5,12H,2,11H2,1H3. The minimum atomic E-state index is -0.220. The van der Waals surface area contributed by atoms with Gasteiger partial charge in [0.05, 0.1) is 4.90 Å². The average Bonchev–Trinajstić information content (AvgIpc) is 2.42. The van der Waals surface area contributed by atoms with E-state index in [2.05, 4.69) is 12.2 Å². The van der Waals surface area contributed by atoms with E-state index in [1.165, 1.54) is 0 Å². The van der Waals surface area contributed by atoms with Gasteiger partial charge in [-0.3, -0.25) is 5.14 Å². The second kappa shape index (κ2) is 3.20. The summed E-state index contributed by atoms with van der Waals surface area (Å²) in [6, 6.07) is 3.74. The zero-order chi connectivity index (χ0) is 9.42. The minimum absolute atomic E-state index is 0.220. The van der Waals surface area contributed by atoms with Crippen molar-refractivity contribution < 1.29 is 4.39 Å². The highest BCUT2D eigenvalue weighted by Crippen LogP contribution is 2.31. The van der Waals surface area contributed by atoms with Crippen LogP contribution < -0.4 is 10.5 Å². The normalized spacial score (nSPS) is 19.8. The highest BCUT2D eigenvalue weighted by molar-refractivity contribution is 7.97. The summed E-state index contributed by atoms with van der Waals surface area (Å²) in [5, 5.41) is 8.59. The van der Waals surface area contributed by atoms with E-state index in [1.54, 1.807) is 12.1 Å². The smallest absolute Gasteiger partial charge is 0.138 e. The van der Waals surface area contributed by atoms with Crippen LogP contribution >= 0.6 is 11.9 Å². The molecule has 0 saturated heterocycles. The molecule has 0 radical (unpaired) electrons. The molecule has 13 heavy (non-hydrogen) atoms. The average molecular weight is 198 g/mol. The van der Waals surface area contributed by atoms with Crippen LogP contribution in [0.4, 0.5) is 10.1 Å². The van der Waals surface area contributed by atoms with E-state index in [-0.39, 0.29) is 5.82 Å². The molecule has 70 valence electrons. The third-order valence-corrected chi connectivity index (χ3v) is 2.78. The van der Waals surface area contributed by atoms with Crippen molar-refractivity contribution >= 4 is 17.6 Å². The number of benzene rings is 1. The number of rotatable bonds is 1. The fourth-order valence-corrected chi connectivity index (χ4v) is 1.99. The Morgan fingerprint density at radius 2 is 2.38 bits per heavy atom. The molecule has 0 amide bonds. The first-order valence-electron chi connectivity index (χ1n) is 4.16. The summed E-state index contributed by atoms with van der Waals surface area (Å²) in [7, 11) is 0. The molecule has 1 aromatic carbocycles. The van der Waals surface area contributed by atoms with Gasteiger partial charge in [0.15, 0.2) is 0 Å². The summed E-state index contributed by atoms with van der Waals surface area (Å²) in [5.41, 5.74) is 2.06. The number of hydrogen-bond acceptors (Lipinski definition) is 3. The molecule has 0 bridgehead atoms. The first kappa shape index (κ1) is 8.84. The Morgan fingerprint density at radius 1 is 1.62 bits per heavy atom. The number of hydrogen-bond donors (Lipinski definition) is 2. The molecular weight excluding hydrogens is 187 g/mol. The summed E-state index contributed by atoms with van der Waals surface area (Å²) in [6.07, 6.45) is 0.891. The van der Waals surface area contributed by atoms with Crippen molar-refractivity contribution in [2.24, 2.45) is 5.14 Å². The summed E-state index contributed by atoms with van der Waals surface area (Å²) in [5.74, 6) is -0.220. The van der Waals surface area contributed by atoms with E-state index in [0.29, 0.717) is 10.9 Å². The monoisotopic (exact) mass is 198 g/mol. The summed E-state index contributed by atoms with van der Waals surface area (Å²) >= 11 is 0.948. The Morgan fingerprint density at radius 3 is 3.08 bits per heavy atom. The zero-order valence-electron chi connectivity index (χ0n) is 7.30. The Hall–Kier alpha value is -0.740. The van der Waals surface area contributed by atoms with Gasteiger partial charge in [0, 0.05) is 11.7 Å². The van der Waals surface area contributed by atoms with E-state index >= 15 is 0 Å². The van der Waals surface area contributed by atoms with Crippen molar-refractivity contribution in [1.29, 1.82) is 0 Å². The fourth-order valence-electron chi connectivity index (χ4n) is 1.63. The number of nitrogens with two attached hydrogens (primary N) is 1. The van der Waals surface area contributed by atoms with E-state index < -0.39 is 0 Å². The molecule has 1 aliphatic heterocycles. The lowest BCUT2D eigenvalue weighted by Crippen LogP contribution is -2.08. The Labute approximate surface area is 80.8 Å². The van der Waals surface area contributed by atoms with E-state index in [1.807, 2.05) is 0 Å². The molecule has 1 unspecified atom stereocenters. The van der Waals surface area contributed by atoms with Crippen LogP contribution in [0, 0.1) is 5.82 Å². The fraction of sp³-hybridized carbons (Fsp3) is 0.333. The maximum absolute atomic E-state index is 13.2. The number of anilines is 1. The minimum Gasteiger partial charge on any atom is -0.382 e. The molecule has 2 nitrogen and oxygen atoms in total. The topological polar surface area (TPSA) is 38.0 Å². The second-order valence-electron chi connectivity index (χ2n) is 3.31. The third-order valence-electron chi connectivity index (χ3n) is 2.21. The number of nitrogens with one attached hydrogen (secondary N) is 1. The maximum Gasteiger partial charge on any atom is 0.138 e. The molecule has 0 saturated carbocycles. The first-order chi connectivity index (χ1) is 6.20. The molecule has 4 heteroatoms. The first-order valence-corrected chi connectivity index (χ1v) is 5.04. The molecule has 1 aliphatic rings. The van der Waals surface area contributed by atoms with Crippen molar-refractivity contribution in [2.45, 2.75) is 24.3 Å². The van der Waals surface area contributed by atoms with Crippen molar-refractivity contribution in [3.63, 3.8) is 0 Å². The largest absolute Gasteiger partial charge is 0.382 e. The molecule has 0 spiro atoms. The zero-order valence-corrected chi connectivity index (χ0v) is 8.12. The Bertz CT molecular complexity index is 341. The molecular formula is C9H11FN2S. The van der Waals surface area contributed by atoms with Gasteiger partial charge in [-0.25, -0.2) is 4.39 Å². The van der Waals surface area contributed by atoms with Crippen LogP contribution in [0.3, 0.4) is 0 Å². The van der Waals surface area contributed by atoms with Crippen molar-refractivity contribution in [3.05, 3.63) is 23.5 Å². The lowest BCUT2D eigenvalue weighted by atomic mass is 10.1. The Kier molecular flexibility index (Phi) is 2.17. The summed E-state index contributed by atoms with van der Waals surface area (Å²) in [4.78, 5) is 0.500. The molecule has 1 atom stereocenters. The van der Waals surface area contributed by atoms with Gasteiger partial charge in [0.1, 0.15) is 5.82 Å².